The Labute approximate surface area is 117 Å². The molecule has 1 atom stereocenters. The van der Waals surface area contributed by atoms with Crippen LogP contribution in [0.2, 0.25) is 5.02 Å². The molecule has 0 bridgehead atoms. The summed E-state index contributed by atoms with van der Waals surface area (Å²) < 4.78 is 6.87. The van der Waals surface area contributed by atoms with Gasteiger partial charge in [-0.3, -0.25) is 11.3 Å². The molecule has 102 valence electrons. The van der Waals surface area contributed by atoms with Crippen molar-refractivity contribution in [3.05, 3.63) is 46.6 Å². The summed E-state index contributed by atoms with van der Waals surface area (Å²) in [5, 5.41) is 5.11. The van der Waals surface area contributed by atoms with Crippen LogP contribution in [0.15, 0.2) is 30.3 Å². The predicted molar refractivity (Wildman–Crippen MR) is 75.0 cm³/mol. The van der Waals surface area contributed by atoms with Gasteiger partial charge in [0, 0.05) is 18.1 Å². The van der Waals surface area contributed by atoms with E-state index >= 15 is 0 Å². The van der Waals surface area contributed by atoms with Crippen LogP contribution in [0, 0.1) is 0 Å². The van der Waals surface area contributed by atoms with Crippen LogP contribution in [0.3, 0.4) is 0 Å². The van der Waals surface area contributed by atoms with E-state index in [0.717, 1.165) is 16.3 Å². The SMILES string of the molecule is COc1cc(C(Cc2ccccc2Cl)NN)nn1C. The van der Waals surface area contributed by atoms with Crippen molar-refractivity contribution in [1.82, 2.24) is 15.2 Å². The van der Waals surface area contributed by atoms with Gasteiger partial charge in [-0.15, -0.1) is 0 Å². The molecule has 2 rings (SSSR count). The second kappa shape index (κ2) is 6.06. The molecule has 0 aliphatic carbocycles. The van der Waals surface area contributed by atoms with Crippen LogP contribution in [-0.2, 0) is 13.5 Å². The highest BCUT2D eigenvalue weighted by molar-refractivity contribution is 6.31. The van der Waals surface area contributed by atoms with Gasteiger partial charge in [0.2, 0.25) is 5.88 Å². The van der Waals surface area contributed by atoms with Gasteiger partial charge < -0.3 is 4.74 Å². The number of ether oxygens (including phenoxy) is 1. The average Bonchev–Trinajstić information content (AvgIpc) is 2.79. The zero-order chi connectivity index (χ0) is 13.8. The molecule has 0 spiro atoms. The second-order valence-corrected chi connectivity index (χ2v) is 4.66. The Balaban J connectivity index is 2.22. The lowest BCUT2D eigenvalue weighted by molar-refractivity contribution is 0.373. The lowest BCUT2D eigenvalue weighted by Crippen LogP contribution is -2.30. The Morgan fingerprint density at radius 2 is 2.21 bits per heavy atom. The summed E-state index contributed by atoms with van der Waals surface area (Å²) in [4.78, 5) is 0. The van der Waals surface area contributed by atoms with Crippen molar-refractivity contribution in [3.63, 3.8) is 0 Å². The zero-order valence-corrected chi connectivity index (χ0v) is 11.7. The van der Waals surface area contributed by atoms with Gasteiger partial charge in [-0.05, 0) is 18.1 Å². The molecule has 1 aromatic carbocycles. The fourth-order valence-corrected chi connectivity index (χ4v) is 2.18. The Kier molecular flexibility index (Phi) is 4.42. The number of rotatable bonds is 5. The van der Waals surface area contributed by atoms with Crippen LogP contribution >= 0.6 is 11.6 Å². The van der Waals surface area contributed by atoms with Crippen molar-refractivity contribution in [3.8, 4) is 5.88 Å². The van der Waals surface area contributed by atoms with E-state index in [0.29, 0.717) is 12.3 Å². The minimum absolute atomic E-state index is 0.116. The molecule has 6 heteroatoms. The first-order valence-corrected chi connectivity index (χ1v) is 6.31. The number of hydrogen-bond donors (Lipinski definition) is 2. The Hall–Kier alpha value is -1.56. The second-order valence-electron chi connectivity index (χ2n) is 4.25. The van der Waals surface area contributed by atoms with Crippen LogP contribution in [0.25, 0.3) is 0 Å². The highest BCUT2D eigenvalue weighted by Crippen LogP contribution is 2.24. The third-order valence-corrected chi connectivity index (χ3v) is 3.37. The lowest BCUT2D eigenvalue weighted by Gasteiger charge is -2.14. The van der Waals surface area contributed by atoms with Crippen molar-refractivity contribution in [2.24, 2.45) is 12.9 Å². The third-order valence-electron chi connectivity index (χ3n) is 3.00. The molecular weight excluding hydrogens is 264 g/mol. The molecule has 5 nitrogen and oxygen atoms in total. The largest absolute Gasteiger partial charge is 0.481 e. The van der Waals surface area contributed by atoms with E-state index in [1.54, 1.807) is 11.8 Å². The third kappa shape index (κ3) is 3.07. The van der Waals surface area contributed by atoms with Crippen LogP contribution in [0.1, 0.15) is 17.3 Å². The minimum Gasteiger partial charge on any atom is -0.481 e. The number of nitrogens with zero attached hydrogens (tertiary/aromatic N) is 2. The monoisotopic (exact) mass is 280 g/mol. The quantitative estimate of drug-likeness (QED) is 0.648. The summed E-state index contributed by atoms with van der Waals surface area (Å²) in [6.45, 7) is 0. The Bertz CT molecular complexity index is 555. The molecular formula is C13H17ClN4O. The van der Waals surface area contributed by atoms with Gasteiger partial charge in [0.25, 0.3) is 0 Å². The topological polar surface area (TPSA) is 65.1 Å². The molecule has 3 N–H and O–H groups in total. The standard InChI is InChI=1S/C13H17ClN4O/c1-18-13(19-2)8-12(17-18)11(16-15)7-9-5-3-4-6-10(9)14/h3-6,8,11,16H,7,15H2,1-2H3. The summed E-state index contributed by atoms with van der Waals surface area (Å²) in [5.41, 5.74) is 4.61. The van der Waals surface area contributed by atoms with Gasteiger partial charge >= 0.3 is 0 Å². The first kappa shape index (κ1) is 13.9. The molecule has 1 unspecified atom stereocenters. The number of aromatic nitrogens is 2. The lowest BCUT2D eigenvalue weighted by atomic mass is 10.0. The summed E-state index contributed by atoms with van der Waals surface area (Å²) in [5.74, 6) is 6.31. The summed E-state index contributed by atoms with van der Waals surface area (Å²) in [7, 11) is 3.44. The maximum absolute atomic E-state index is 6.16. The van der Waals surface area contributed by atoms with E-state index in [-0.39, 0.29) is 6.04 Å². The van der Waals surface area contributed by atoms with Crippen molar-refractivity contribution in [2.75, 3.05) is 7.11 Å². The number of halogens is 1. The number of hydrogen-bond acceptors (Lipinski definition) is 4. The number of nitrogens with one attached hydrogen (secondary N) is 1. The smallest absolute Gasteiger partial charge is 0.211 e. The number of nitrogens with two attached hydrogens (primary N) is 1. The van der Waals surface area contributed by atoms with Gasteiger partial charge in [0.05, 0.1) is 18.8 Å². The Morgan fingerprint density at radius 3 is 2.79 bits per heavy atom. The van der Waals surface area contributed by atoms with Gasteiger partial charge in [-0.1, -0.05) is 29.8 Å². The Morgan fingerprint density at radius 1 is 1.47 bits per heavy atom. The van der Waals surface area contributed by atoms with Gasteiger partial charge in [0.15, 0.2) is 0 Å². The first-order valence-electron chi connectivity index (χ1n) is 5.93. The molecule has 0 aliphatic rings. The van der Waals surface area contributed by atoms with Crippen molar-refractivity contribution < 1.29 is 4.74 Å². The van der Waals surface area contributed by atoms with Crippen LogP contribution in [0.5, 0.6) is 5.88 Å². The normalized spacial score (nSPS) is 12.4. The highest BCUT2D eigenvalue weighted by atomic mass is 35.5. The van der Waals surface area contributed by atoms with E-state index in [1.165, 1.54) is 0 Å². The summed E-state index contributed by atoms with van der Waals surface area (Å²) in [6.07, 6.45) is 0.663. The average molecular weight is 281 g/mol. The summed E-state index contributed by atoms with van der Waals surface area (Å²) in [6, 6.07) is 9.45. The summed E-state index contributed by atoms with van der Waals surface area (Å²) >= 11 is 6.16. The van der Waals surface area contributed by atoms with E-state index in [9.17, 15) is 0 Å². The minimum atomic E-state index is -0.116. The van der Waals surface area contributed by atoms with Crippen LogP contribution in [0.4, 0.5) is 0 Å². The molecule has 0 saturated heterocycles. The van der Waals surface area contributed by atoms with Gasteiger partial charge in [-0.25, -0.2) is 4.68 Å². The van der Waals surface area contributed by atoms with E-state index in [1.807, 2.05) is 37.4 Å². The molecule has 0 radical (unpaired) electrons. The molecule has 19 heavy (non-hydrogen) atoms. The van der Waals surface area contributed by atoms with E-state index in [2.05, 4.69) is 10.5 Å². The van der Waals surface area contributed by atoms with Crippen LogP contribution < -0.4 is 16.0 Å². The van der Waals surface area contributed by atoms with Crippen molar-refractivity contribution in [2.45, 2.75) is 12.5 Å². The van der Waals surface area contributed by atoms with Gasteiger partial charge in [0.1, 0.15) is 0 Å². The molecule has 0 saturated carbocycles. The zero-order valence-electron chi connectivity index (χ0n) is 10.9. The van der Waals surface area contributed by atoms with Crippen molar-refractivity contribution in [1.29, 1.82) is 0 Å². The maximum atomic E-state index is 6.16. The van der Waals surface area contributed by atoms with Crippen LogP contribution in [-0.4, -0.2) is 16.9 Å². The molecule has 1 aromatic heterocycles. The van der Waals surface area contributed by atoms with E-state index < -0.39 is 0 Å². The molecule has 1 heterocycles. The number of aryl methyl sites for hydroxylation is 1. The number of methoxy groups -OCH3 is 1. The molecule has 2 aromatic rings. The molecule has 0 amide bonds. The number of benzene rings is 1. The predicted octanol–water partition coefficient (Wildman–Crippen LogP) is 1.83. The highest BCUT2D eigenvalue weighted by Gasteiger charge is 2.17. The molecule has 0 fully saturated rings. The molecule has 0 aliphatic heterocycles. The fourth-order valence-electron chi connectivity index (χ4n) is 1.97. The van der Waals surface area contributed by atoms with Crippen molar-refractivity contribution >= 4 is 11.6 Å². The number of hydrazine groups is 1. The fraction of sp³-hybridized carbons (Fsp3) is 0.308. The first-order chi connectivity index (χ1) is 9.15. The maximum Gasteiger partial charge on any atom is 0.211 e. The van der Waals surface area contributed by atoms with Gasteiger partial charge in [-0.2, -0.15) is 5.10 Å². The van der Waals surface area contributed by atoms with E-state index in [4.69, 9.17) is 22.2 Å².